The highest BCUT2D eigenvalue weighted by atomic mass is 15.0. The molecule has 0 saturated carbocycles. The molecule has 1 aromatic heterocycles. The lowest BCUT2D eigenvalue weighted by atomic mass is 10.1. The number of aryl methyl sites for hydroxylation is 1. The third-order valence-electron chi connectivity index (χ3n) is 3.78. The number of allylic oxidation sites excluding steroid dienone is 6. The molecule has 0 N–H and O–H groups in total. The van der Waals surface area contributed by atoms with Crippen LogP contribution in [0.1, 0.15) is 37.0 Å². The van der Waals surface area contributed by atoms with E-state index in [9.17, 15) is 0 Å². The predicted octanol–water partition coefficient (Wildman–Crippen LogP) is 4.70. The van der Waals surface area contributed by atoms with Crippen LogP contribution < -0.4 is 0 Å². The van der Waals surface area contributed by atoms with Crippen molar-refractivity contribution < 1.29 is 0 Å². The maximum absolute atomic E-state index is 4.70. The van der Waals surface area contributed by atoms with E-state index in [1.165, 1.54) is 5.56 Å². The molecule has 23 heavy (non-hydrogen) atoms. The maximum atomic E-state index is 4.70. The van der Waals surface area contributed by atoms with Crippen molar-refractivity contribution in [3.8, 4) is 11.4 Å². The van der Waals surface area contributed by atoms with Crippen LogP contribution >= 0.6 is 0 Å². The monoisotopic (exact) mass is 303 g/mol. The van der Waals surface area contributed by atoms with Crippen LogP contribution in [-0.2, 0) is 6.42 Å². The van der Waals surface area contributed by atoms with Gasteiger partial charge in [-0.3, -0.25) is 0 Å². The molecule has 3 rings (SSSR count). The second-order valence-electron chi connectivity index (χ2n) is 5.68. The average Bonchev–Trinajstić information content (AvgIpc) is 2.61. The van der Waals surface area contributed by atoms with Gasteiger partial charge in [-0.05, 0) is 26.7 Å². The van der Waals surface area contributed by atoms with Crippen LogP contribution in [0.5, 0.6) is 0 Å². The first-order valence-corrected chi connectivity index (χ1v) is 8.06. The fourth-order valence-electron chi connectivity index (χ4n) is 2.47. The van der Waals surface area contributed by atoms with Gasteiger partial charge in [0.1, 0.15) is 5.82 Å². The van der Waals surface area contributed by atoms with Crippen LogP contribution in [0, 0.1) is 6.92 Å². The topological polar surface area (TPSA) is 38.7 Å². The fourth-order valence-corrected chi connectivity index (χ4v) is 2.47. The molecule has 0 spiro atoms. The largest absolute Gasteiger partial charge is 0.213 e. The van der Waals surface area contributed by atoms with Gasteiger partial charge in [-0.2, -0.15) is 0 Å². The number of benzene rings is 1. The highest BCUT2D eigenvalue weighted by molar-refractivity contribution is 5.71. The van der Waals surface area contributed by atoms with E-state index in [1.54, 1.807) is 0 Å². The quantitative estimate of drug-likeness (QED) is 0.768. The molecule has 0 fully saturated rings. The van der Waals surface area contributed by atoms with E-state index in [1.807, 2.05) is 13.0 Å². The Morgan fingerprint density at radius 2 is 1.78 bits per heavy atom. The van der Waals surface area contributed by atoms with Crippen molar-refractivity contribution in [2.75, 3.05) is 0 Å². The molecule has 0 amide bonds. The summed E-state index contributed by atoms with van der Waals surface area (Å²) in [5, 5.41) is 0. The summed E-state index contributed by atoms with van der Waals surface area (Å²) in [6, 6.07) is 8.31. The van der Waals surface area contributed by atoms with E-state index in [-0.39, 0.29) is 0 Å². The van der Waals surface area contributed by atoms with E-state index in [2.05, 4.69) is 65.5 Å². The highest BCUT2D eigenvalue weighted by Gasteiger charge is 2.11. The Labute approximate surface area is 137 Å². The molecule has 0 radical (unpaired) electrons. The van der Waals surface area contributed by atoms with Crippen LogP contribution in [-0.4, -0.2) is 15.0 Å². The van der Waals surface area contributed by atoms with Gasteiger partial charge >= 0.3 is 0 Å². The van der Waals surface area contributed by atoms with E-state index in [0.29, 0.717) is 0 Å². The van der Waals surface area contributed by atoms with Gasteiger partial charge in [-0.25, -0.2) is 15.0 Å². The fraction of sp³-hybridized carbons (Fsp3) is 0.250. The summed E-state index contributed by atoms with van der Waals surface area (Å²) in [4.78, 5) is 14.0. The van der Waals surface area contributed by atoms with Gasteiger partial charge in [0.25, 0.3) is 0 Å². The Morgan fingerprint density at radius 1 is 1.00 bits per heavy atom. The third-order valence-corrected chi connectivity index (χ3v) is 3.78. The summed E-state index contributed by atoms with van der Waals surface area (Å²) < 4.78 is 0. The number of rotatable bonds is 4. The first-order valence-electron chi connectivity index (χ1n) is 8.06. The molecular weight excluding hydrogens is 282 g/mol. The average molecular weight is 303 g/mol. The first kappa shape index (κ1) is 15.3. The van der Waals surface area contributed by atoms with Gasteiger partial charge < -0.3 is 0 Å². The van der Waals surface area contributed by atoms with Crippen molar-refractivity contribution in [3.63, 3.8) is 0 Å². The van der Waals surface area contributed by atoms with Crippen molar-refractivity contribution in [1.82, 2.24) is 15.0 Å². The van der Waals surface area contributed by atoms with Crippen LogP contribution in [0.4, 0.5) is 0 Å². The lowest BCUT2D eigenvalue weighted by Crippen LogP contribution is -2.05. The van der Waals surface area contributed by atoms with E-state index < -0.39 is 0 Å². The minimum atomic E-state index is 0.724. The van der Waals surface area contributed by atoms with Crippen molar-refractivity contribution in [1.29, 1.82) is 0 Å². The van der Waals surface area contributed by atoms with Gasteiger partial charge in [-0.15, -0.1) is 0 Å². The molecule has 3 heteroatoms. The zero-order valence-corrected chi connectivity index (χ0v) is 13.7. The molecular formula is C20H21N3. The molecule has 1 heterocycles. The molecule has 1 aliphatic carbocycles. The first-order chi connectivity index (χ1) is 11.3. The molecule has 1 aromatic carbocycles. The molecule has 0 aliphatic heterocycles. The Balaban J connectivity index is 2.05. The van der Waals surface area contributed by atoms with Gasteiger partial charge in [0.05, 0.1) is 0 Å². The molecule has 0 bridgehead atoms. The normalized spacial score (nSPS) is 14.3. The minimum Gasteiger partial charge on any atom is -0.213 e. The Kier molecular flexibility index (Phi) is 4.77. The number of nitrogens with zero attached hydrogens (tertiary/aromatic N) is 3. The zero-order chi connectivity index (χ0) is 16.1. The zero-order valence-electron chi connectivity index (χ0n) is 13.7. The summed E-state index contributed by atoms with van der Waals surface area (Å²) in [5.41, 5.74) is 3.35. The molecule has 3 nitrogen and oxygen atoms in total. The molecule has 0 saturated heterocycles. The van der Waals surface area contributed by atoms with Gasteiger partial charge in [0.2, 0.25) is 0 Å². The number of aromatic nitrogens is 3. The SMILES string of the molecule is C/C=C\Cc1nc(C2=CCCC=C2)nc(-c2ccc(C)cc2)n1. The van der Waals surface area contributed by atoms with Crippen molar-refractivity contribution in [2.24, 2.45) is 0 Å². The van der Waals surface area contributed by atoms with E-state index >= 15 is 0 Å². The Hall–Kier alpha value is -2.55. The summed E-state index contributed by atoms with van der Waals surface area (Å²) in [7, 11) is 0. The van der Waals surface area contributed by atoms with Crippen molar-refractivity contribution in [3.05, 3.63) is 71.9 Å². The Morgan fingerprint density at radius 3 is 2.48 bits per heavy atom. The minimum absolute atomic E-state index is 0.724. The summed E-state index contributed by atoms with van der Waals surface area (Å²) in [6.45, 7) is 4.09. The predicted molar refractivity (Wildman–Crippen MR) is 94.9 cm³/mol. The van der Waals surface area contributed by atoms with Crippen LogP contribution in [0.3, 0.4) is 0 Å². The highest BCUT2D eigenvalue weighted by Crippen LogP contribution is 2.22. The standard InChI is InChI=1S/C20H21N3/c1-3-4-10-18-21-19(16-8-6-5-7-9-16)23-20(22-18)17-13-11-15(2)12-14-17/h3-4,6,8-9,11-14H,5,7,10H2,1-2H3/b4-3-. The third kappa shape index (κ3) is 3.81. The summed E-state index contributed by atoms with van der Waals surface area (Å²) >= 11 is 0. The lowest BCUT2D eigenvalue weighted by Gasteiger charge is -2.09. The van der Waals surface area contributed by atoms with Crippen LogP contribution in [0.2, 0.25) is 0 Å². The molecule has 116 valence electrons. The van der Waals surface area contributed by atoms with E-state index in [0.717, 1.165) is 47.9 Å². The molecule has 1 aliphatic rings. The smallest absolute Gasteiger partial charge is 0.163 e. The van der Waals surface area contributed by atoms with Crippen molar-refractivity contribution in [2.45, 2.75) is 33.1 Å². The summed E-state index contributed by atoms with van der Waals surface area (Å²) in [5.74, 6) is 2.32. The summed E-state index contributed by atoms with van der Waals surface area (Å²) in [6.07, 6.45) is 13.4. The second-order valence-corrected chi connectivity index (χ2v) is 5.68. The molecule has 0 unspecified atom stereocenters. The van der Waals surface area contributed by atoms with Crippen molar-refractivity contribution >= 4 is 5.57 Å². The lowest BCUT2D eigenvalue weighted by molar-refractivity contribution is 0.918. The van der Waals surface area contributed by atoms with Gasteiger partial charge in [-0.1, -0.05) is 60.2 Å². The Bertz CT molecular complexity index is 768. The number of hydrogen-bond acceptors (Lipinski definition) is 3. The van der Waals surface area contributed by atoms with Gasteiger partial charge in [0.15, 0.2) is 11.6 Å². The number of hydrogen-bond donors (Lipinski definition) is 0. The van der Waals surface area contributed by atoms with Crippen LogP contribution in [0.15, 0.2) is 54.6 Å². The second kappa shape index (κ2) is 7.14. The van der Waals surface area contributed by atoms with Gasteiger partial charge in [0, 0.05) is 17.6 Å². The van der Waals surface area contributed by atoms with Crippen LogP contribution in [0.25, 0.3) is 17.0 Å². The molecule has 0 atom stereocenters. The van der Waals surface area contributed by atoms with E-state index in [4.69, 9.17) is 4.98 Å². The maximum Gasteiger partial charge on any atom is 0.163 e. The molecule has 2 aromatic rings.